The van der Waals surface area contributed by atoms with Gasteiger partial charge in [0.25, 0.3) is 0 Å². The number of ether oxygens (including phenoxy) is 2. The highest BCUT2D eigenvalue weighted by Gasteiger charge is 2.25. The SMILES string of the molecule is CCN(CC)CCNc1nc2c(F)c(F)cc(C(=O)OC)c2n1COCC[Si](C)(C)C. The highest BCUT2D eigenvalue weighted by molar-refractivity contribution is 6.76. The number of nitrogens with one attached hydrogen (secondary N) is 1. The molecule has 174 valence electrons. The molecule has 1 N–H and O–H groups in total. The van der Waals surface area contributed by atoms with Gasteiger partial charge in [-0.1, -0.05) is 33.5 Å². The first-order valence-corrected chi connectivity index (χ1v) is 14.3. The molecular formula is C21H34F2N4O3Si. The third kappa shape index (κ3) is 6.47. The van der Waals surface area contributed by atoms with Crippen LogP contribution in [0, 0.1) is 11.6 Å². The van der Waals surface area contributed by atoms with E-state index in [1.165, 1.54) is 7.11 Å². The average molecular weight is 457 g/mol. The van der Waals surface area contributed by atoms with Crippen molar-refractivity contribution in [2.24, 2.45) is 0 Å². The minimum absolute atomic E-state index is 0.0592. The Bertz CT molecular complexity index is 895. The fourth-order valence-electron chi connectivity index (χ4n) is 3.18. The van der Waals surface area contributed by atoms with Gasteiger partial charge in [0.05, 0.1) is 18.2 Å². The van der Waals surface area contributed by atoms with Crippen molar-refractivity contribution in [2.45, 2.75) is 46.3 Å². The van der Waals surface area contributed by atoms with Crippen LogP contribution in [0.15, 0.2) is 6.07 Å². The number of anilines is 1. The molecule has 0 spiro atoms. The first-order valence-electron chi connectivity index (χ1n) is 10.6. The molecule has 1 heterocycles. The van der Waals surface area contributed by atoms with Gasteiger partial charge < -0.3 is 19.7 Å². The zero-order valence-corrected chi connectivity index (χ0v) is 20.3. The molecule has 2 aromatic rings. The van der Waals surface area contributed by atoms with E-state index in [0.29, 0.717) is 19.1 Å². The van der Waals surface area contributed by atoms with Crippen molar-refractivity contribution in [3.63, 3.8) is 0 Å². The van der Waals surface area contributed by atoms with E-state index >= 15 is 0 Å². The Kier molecular flexibility index (Phi) is 8.96. The van der Waals surface area contributed by atoms with Crippen LogP contribution >= 0.6 is 0 Å². The summed E-state index contributed by atoms with van der Waals surface area (Å²) in [5.41, 5.74) is -0.155. The van der Waals surface area contributed by atoms with Crippen LogP contribution in [0.4, 0.5) is 14.7 Å². The average Bonchev–Trinajstić information content (AvgIpc) is 3.08. The van der Waals surface area contributed by atoms with E-state index in [9.17, 15) is 13.6 Å². The summed E-state index contributed by atoms with van der Waals surface area (Å²) in [6.45, 7) is 14.6. The van der Waals surface area contributed by atoms with Gasteiger partial charge in [-0.3, -0.25) is 4.57 Å². The molecule has 1 aromatic carbocycles. The van der Waals surface area contributed by atoms with Crippen LogP contribution in [0.1, 0.15) is 24.2 Å². The summed E-state index contributed by atoms with van der Waals surface area (Å²) in [6, 6.07) is 1.81. The van der Waals surface area contributed by atoms with Crippen molar-refractivity contribution in [1.82, 2.24) is 14.5 Å². The van der Waals surface area contributed by atoms with Crippen molar-refractivity contribution in [2.75, 3.05) is 45.2 Å². The Labute approximate surface area is 183 Å². The van der Waals surface area contributed by atoms with Gasteiger partial charge in [0.2, 0.25) is 5.95 Å². The lowest BCUT2D eigenvalue weighted by Crippen LogP contribution is -2.29. The predicted octanol–water partition coefficient (Wildman–Crippen LogP) is 4.17. The number of methoxy groups -OCH3 is 1. The second-order valence-electron chi connectivity index (χ2n) is 8.57. The van der Waals surface area contributed by atoms with Crippen LogP contribution in [-0.4, -0.2) is 68.4 Å². The fourth-order valence-corrected chi connectivity index (χ4v) is 3.93. The minimum atomic E-state index is -1.29. The Morgan fingerprint density at radius 2 is 1.94 bits per heavy atom. The van der Waals surface area contributed by atoms with Crippen LogP contribution in [0.3, 0.4) is 0 Å². The summed E-state index contributed by atoms with van der Waals surface area (Å²) in [4.78, 5) is 18.8. The van der Waals surface area contributed by atoms with Crippen molar-refractivity contribution < 1.29 is 23.0 Å². The molecule has 0 fully saturated rings. The highest BCUT2D eigenvalue weighted by atomic mass is 28.3. The number of likely N-dealkylation sites (N-methyl/N-ethyl adjacent to an activating group) is 1. The molecule has 31 heavy (non-hydrogen) atoms. The summed E-state index contributed by atoms with van der Waals surface area (Å²) in [7, 11) is -0.0961. The second-order valence-corrected chi connectivity index (χ2v) is 14.2. The molecule has 10 heteroatoms. The smallest absolute Gasteiger partial charge is 0.340 e. The van der Waals surface area contributed by atoms with Gasteiger partial charge >= 0.3 is 5.97 Å². The van der Waals surface area contributed by atoms with E-state index in [1.54, 1.807) is 4.57 Å². The third-order valence-corrected chi connectivity index (χ3v) is 6.84. The number of esters is 1. The lowest BCUT2D eigenvalue weighted by Gasteiger charge is -2.19. The molecule has 0 saturated carbocycles. The number of hydrogen-bond donors (Lipinski definition) is 1. The molecule has 0 saturated heterocycles. The van der Waals surface area contributed by atoms with Gasteiger partial charge in [0.1, 0.15) is 12.2 Å². The largest absolute Gasteiger partial charge is 0.465 e. The van der Waals surface area contributed by atoms with Crippen LogP contribution in [-0.2, 0) is 16.2 Å². The minimum Gasteiger partial charge on any atom is -0.465 e. The maximum absolute atomic E-state index is 14.6. The van der Waals surface area contributed by atoms with E-state index in [2.05, 4.69) is 48.7 Å². The third-order valence-electron chi connectivity index (χ3n) is 5.14. The Balaban J connectivity index is 2.42. The molecule has 0 unspecified atom stereocenters. The number of benzene rings is 1. The molecule has 1 aromatic heterocycles. The van der Waals surface area contributed by atoms with Crippen molar-refractivity contribution in [1.29, 1.82) is 0 Å². The lowest BCUT2D eigenvalue weighted by atomic mass is 10.1. The van der Waals surface area contributed by atoms with Crippen LogP contribution < -0.4 is 5.32 Å². The molecule has 0 aliphatic carbocycles. The summed E-state index contributed by atoms with van der Waals surface area (Å²) in [5.74, 6) is -2.69. The maximum Gasteiger partial charge on any atom is 0.340 e. The Morgan fingerprint density at radius 3 is 2.52 bits per heavy atom. The Morgan fingerprint density at radius 1 is 1.26 bits per heavy atom. The summed E-state index contributed by atoms with van der Waals surface area (Å²) >= 11 is 0. The first-order chi connectivity index (χ1) is 14.6. The summed E-state index contributed by atoms with van der Waals surface area (Å²) in [6.07, 6.45) is 0. The highest BCUT2D eigenvalue weighted by Crippen LogP contribution is 2.28. The standard InChI is InChI=1S/C21H34F2N4O3Si/c1-7-26(8-2)10-9-24-21-25-18-17(23)16(22)13-15(20(28)29-3)19(18)27(21)14-30-11-12-31(4,5)6/h13H,7-12,14H2,1-6H3,(H,24,25). The van der Waals surface area contributed by atoms with E-state index in [-0.39, 0.29) is 23.3 Å². The number of imidazole rings is 1. The molecule has 2 rings (SSSR count). The van der Waals surface area contributed by atoms with Gasteiger partial charge in [0, 0.05) is 27.8 Å². The number of carbonyl (C=O) groups is 1. The van der Waals surface area contributed by atoms with E-state index in [1.807, 2.05) is 0 Å². The zero-order chi connectivity index (χ0) is 23.2. The number of halogens is 2. The first kappa shape index (κ1) is 25.2. The number of nitrogens with zero attached hydrogens (tertiary/aromatic N) is 3. The molecule has 0 aliphatic rings. The summed E-state index contributed by atoms with van der Waals surface area (Å²) < 4.78 is 40.9. The molecule has 0 amide bonds. The number of aromatic nitrogens is 2. The quantitative estimate of drug-likeness (QED) is 0.294. The monoisotopic (exact) mass is 456 g/mol. The second kappa shape index (κ2) is 11.0. The zero-order valence-electron chi connectivity index (χ0n) is 19.3. The molecular weight excluding hydrogens is 422 g/mol. The van der Waals surface area contributed by atoms with Gasteiger partial charge in [0.15, 0.2) is 11.6 Å². The van der Waals surface area contributed by atoms with Crippen LogP contribution in [0.5, 0.6) is 0 Å². The topological polar surface area (TPSA) is 68.6 Å². The van der Waals surface area contributed by atoms with E-state index < -0.39 is 25.7 Å². The van der Waals surface area contributed by atoms with Gasteiger partial charge in [-0.15, -0.1) is 0 Å². The fraction of sp³-hybridized carbons (Fsp3) is 0.619. The molecule has 0 radical (unpaired) electrons. The molecule has 0 atom stereocenters. The van der Waals surface area contributed by atoms with Gasteiger partial charge in [-0.2, -0.15) is 0 Å². The summed E-state index contributed by atoms with van der Waals surface area (Å²) in [5, 5.41) is 3.19. The van der Waals surface area contributed by atoms with E-state index in [4.69, 9.17) is 9.47 Å². The molecule has 7 nitrogen and oxygen atoms in total. The maximum atomic E-state index is 14.6. The molecule has 0 bridgehead atoms. The van der Waals surface area contributed by atoms with Crippen molar-refractivity contribution >= 4 is 31.0 Å². The van der Waals surface area contributed by atoms with Crippen molar-refractivity contribution in [3.05, 3.63) is 23.3 Å². The van der Waals surface area contributed by atoms with Gasteiger partial charge in [-0.25, -0.2) is 18.6 Å². The van der Waals surface area contributed by atoms with Gasteiger partial charge in [-0.05, 0) is 25.2 Å². The Hall–Kier alpha value is -2.04. The van der Waals surface area contributed by atoms with Crippen LogP contribution in [0.25, 0.3) is 11.0 Å². The number of rotatable bonds is 12. The van der Waals surface area contributed by atoms with Crippen molar-refractivity contribution in [3.8, 4) is 0 Å². The normalized spacial score (nSPS) is 12.0. The number of fused-ring (bicyclic) bond motifs is 1. The molecule has 0 aliphatic heterocycles. The van der Waals surface area contributed by atoms with E-state index in [0.717, 1.165) is 31.7 Å². The number of hydrogen-bond acceptors (Lipinski definition) is 6. The predicted molar refractivity (Wildman–Crippen MR) is 121 cm³/mol. The number of carbonyl (C=O) groups excluding carboxylic acids is 1. The lowest BCUT2D eigenvalue weighted by molar-refractivity contribution is 0.0600. The van der Waals surface area contributed by atoms with Crippen LogP contribution in [0.2, 0.25) is 25.7 Å².